The number of rotatable bonds is 4. The first-order valence-electron chi connectivity index (χ1n) is 10.7. The molecule has 0 radical (unpaired) electrons. The fourth-order valence-electron chi connectivity index (χ4n) is 4.62. The highest BCUT2D eigenvalue weighted by atomic mass is 16.1. The van der Waals surface area contributed by atoms with E-state index in [4.69, 9.17) is 0 Å². The molecule has 2 aromatic carbocycles. The second kappa shape index (κ2) is 8.59. The summed E-state index contributed by atoms with van der Waals surface area (Å²) in [4.78, 5) is 12.8. The first kappa shape index (κ1) is 20.0. The molecule has 1 N–H and O–H groups in total. The molecule has 1 fully saturated rings. The van der Waals surface area contributed by atoms with Crippen molar-refractivity contribution in [3.05, 3.63) is 71.1 Å². The highest BCUT2D eigenvalue weighted by molar-refractivity contribution is 6.10. The van der Waals surface area contributed by atoms with Crippen LogP contribution in [-0.2, 0) is 4.79 Å². The zero-order chi connectivity index (χ0) is 21.1. The Bertz CT molecular complexity index is 1160. The van der Waals surface area contributed by atoms with Gasteiger partial charge in [0.25, 0.3) is 5.91 Å². The van der Waals surface area contributed by atoms with Gasteiger partial charge in [-0.05, 0) is 67.3 Å². The fraction of sp³-hybridized carbons (Fsp3) is 0.308. The van der Waals surface area contributed by atoms with Crippen LogP contribution in [0, 0.1) is 25.2 Å². The predicted molar refractivity (Wildman–Crippen MR) is 122 cm³/mol. The second-order valence-corrected chi connectivity index (χ2v) is 8.17. The maximum Gasteiger partial charge on any atom is 0.266 e. The third kappa shape index (κ3) is 4.02. The summed E-state index contributed by atoms with van der Waals surface area (Å²) >= 11 is 0. The topological polar surface area (TPSA) is 57.8 Å². The molecule has 1 aliphatic carbocycles. The molecule has 4 rings (SSSR count). The van der Waals surface area contributed by atoms with Crippen LogP contribution in [0.2, 0.25) is 0 Å². The third-order valence-electron chi connectivity index (χ3n) is 6.14. The molecule has 1 amide bonds. The van der Waals surface area contributed by atoms with E-state index in [2.05, 4.69) is 35.9 Å². The molecule has 0 spiro atoms. The summed E-state index contributed by atoms with van der Waals surface area (Å²) in [7, 11) is 0. The van der Waals surface area contributed by atoms with Crippen LogP contribution in [0.3, 0.4) is 0 Å². The van der Waals surface area contributed by atoms with Crippen LogP contribution in [0.25, 0.3) is 16.8 Å². The summed E-state index contributed by atoms with van der Waals surface area (Å²) < 4.78 is 2.39. The van der Waals surface area contributed by atoms with Crippen LogP contribution in [-0.4, -0.2) is 10.5 Å². The van der Waals surface area contributed by atoms with Gasteiger partial charge >= 0.3 is 0 Å². The number of aryl methyl sites for hydroxylation is 1. The van der Waals surface area contributed by atoms with Gasteiger partial charge in [-0.2, -0.15) is 5.26 Å². The van der Waals surface area contributed by atoms with E-state index >= 15 is 0 Å². The van der Waals surface area contributed by atoms with Gasteiger partial charge in [0.2, 0.25) is 0 Å². The van der Waals surface area contributed by atoms with Crippen molar-refractivity contribution in [1.29, 1.82) is 5.26 Å². The second-order valence-electron chi connectivity index (χ2n) is 8.17. The van der Waals surface area contributed by atoms with E-state index in [-0.39, 0.29) is 11.5 Å². The molecule has 1 aromatic heterocycles. The van der Waals surface area contributed by atoms with Crippen molar-refractivity contribution in [2.45, 2.75) is 52.0 Å². The molecule has 0 bridgehead atoms. The first-order chi connectivity index (χ1) is 14.6. The Morgan fingerprint density at radius 3 is 2.53 bits per heavy atom. The number of hydrogen-bond donors (Lipinski definition) is 1. The largest absolute Gasteiger partial charge is 0.346 e. The van der Waals surface area contributed by atoms with Crippen molar-refractivity contribution in [3.63, 3.8) is 0 Å². The summed E-state index contributed by atoms with van der Waals surface area (Å²) in [5.74, 6) is -0.379. The zero-order valence-corrected chi connectivity index (χ0v) is 17.6. The minimum Gasteiger partial charge on any atom is -0.346 e. The van der Waals surface area contributed by atoms with Crippen molar-refractivity contribution in [3.8, 4) is 6.07 Å². The zero-order valence-electron chi connectivity index (χ0n) is 17.6. The quantitative estimate of drug-likeness (QED) is 0.414. The van der Waals surface area contributed by atoms with Gasteiger partial charge in [-0.15, -0.1) is 0 Å². The molecule has 30 heavy (non-hydrogen) atoms. The molecule has 4 nitrogen and oxygen atoms in total. The van der Waals surface area contributed by atoms with Crippen LogP contribution >= 0.6 is 0 Å². The average Bonchev–Trinajstić information content (AvgIpc) is 3.05. The molecule has 3 aromatic rings. The minimum atomic E-state index is -0.379. The summed E-state index contributed by atoms with van der Waals surface area (Å²) in [5, 5.41) is 14.7. The van der Waals surface area contributed by atoms with Crippen LogP contribution in [0.15, 0.2) is 54.1 Å². The fourth-order valence-corrected chi connectivity index (χ4v) is 4.62. The molecule has 152 valence electrons. The molecule has 1 aliphatic rings. The molecule has 0 unspecified atom stereocenters. The third-order valence-corrected chi connectivity index (χ3v) is 6.14. The Kier molecular flexibility index (Phi) is 5.72. The standard InChI is InChI=1S/C26H27N3O/c1-18-14-22(19(2)29(18)25-10-4-3-5-11-25)15-23(17-27)26(30)28-24-13-12-20-8-6-7-9-21(20)16-24/h6-9,12-16,25H,3-5,10-11H2,1-2H3,(H,28,30)/b23-15-. The SMILES string of the molecule is Cc1cc(/C=C(/C#N)C(=O)Nc2ccc3ccccc3c2)c(C)n1C1CCCCC1. The number of nitriles is 1. The van der Waals surface area contributed by atoms with Gasteiger partial charge in [-0.1, -0.05) is 49.6 Å². The Balaban J connectivity index is 1.58. The van der Waals surface area contributed by atoms with E-state index in [0.29, 0.717) is 11.7 Å². The summed E-state index contributed by atoms with van der Waals surface area (Å²) in [6.45, 7) is 4.20. The van der Waals surface area contributed by atoms with Crippen molar-refractivity contribution in [2.24, 2.45) is 0 Å². The number of benzene rings is 2. The van der Waals surface area contributed by atoms with Gasteiger partial charge in [0, 0.05) is 23.1 Å². The van der Waals surface area contributed by atoms with Crippen LogP contribution in [0.1, 0.15) is 55.1 Å². The van der Waals surface area contributed by atoms with Gasteiger partial charge in [0.15, 0.2) is 0 Å². The number of fused-ring (bicyclic) bond motifs is 1. The lowest BCUT2D eigenvalue weighted by Gasteiger charge is -2.26. The number of aromatic nitrogens is 1. The van der Waals surface area contributed by atoms with Crippen LogP contribution < -0.4 is 5.32 Å². The van der Waals surface area contributed by atoms with Crippen LogP contribution in [0.4, 0.5) is 5.69 Å². The highest BCUT2D eigenvalue weighted by Gasteiger charge is 2.20. The number of nitrogens with zero attached hydrogens (tertiary/aromatic N) is 2. The van der Waals surface area contributed by atoms with Gasteiger partial charge < -0.3 is 9.88 Å². The smallest absolute Gasteiger partial charge is 0.266 e. The summed E-state index contributed by atoms with van der Waals surface area (Å²) in [6.07, 6.45) is 7.98. The van der Waals surface area contributed by atoms with Gasteiger partial charge in [-0.3, -0.25) is 4.79 Å². The van der Waals surface area contributed by atoms with Crippen molar-refractivity contribution < 1.29 is 4.79 Å². The first-order valence-corrected chi connectivity index (χ1v) is 10.7. The Morgan fingerprint density at radius 1 is 1.07 bits per heavy atom. The number of nitrogens with one attached hydrogen (secondary N) is 1. The normalized spacial score (nSPS) is 15.2. The van der Waals surface area contributed by atoms with Crippen molar-refractivity contribution in [2.75, 3.05) is 5.32 Å². The van der Waals surface area contributed by atoms with E-state index in [1.165, 1.54) is 37.8 Å². The maximum atomic E-state index is 12.8. The van der Waals surface area contributed by atoms with Gasteiger partial charge in [0.05, 0.1) is 0 Å². The number of anilines is 1. The highest BCUT2D eigenvalue weighted by Crippen LogP contribution is 2.32. The number of carbonyl (C=O) groups is 1. The van der Waals surface area contributed by atoms with E-state index in [0.717, 1.165) is 22.0 Å². The lowest BCUT2D eigenvalue weighted by Crippen LogP contribution is -2.15. The minimum absolute atomic E-state index is 0.118. The molecule has 1 saturated carbocycles. The number of amides is 1. The number of carbonyl (C=O) groups excluding carboxylic acids is 1. The van der Waals surface area contributed by atoms with E-state index in [1.54, 1.807) is 6.08 Å². The monoisotopic (exact) mass is 397 g/mol. The lowest BCUT2D eigenvalue weighted by atomic mass is 9.95. The Hall–Kier alpha value is -3.32. The molecule has 0 atom stereocenters. The van der Waals surface area contributed by atoms with E-state index in [1.807, 2.05) is 42.5 Å². The summed E-state index contributed by atoms with van der Waals surface area (Å²) in [6, 6.07) is 18.5. The average molecular weight is 398 g/mol. The molecule has 1 heterocycles. The Morgan fingerprint density at radius 2 is 1.80 bits per heavy atom. The van der Waals surface area contributed by atoms with Gasteiger partial charge in [-0.25, -0.2) is 0 Å². The van der Waals surface area contributed by atoms with E-state index in [9.17, 15) is 10.1 Å². The van der Waals surface area contributed by atoms with Gasteiger partial charge in [0.1, 0.15) is 11.6 Å². The summed E-state index contributed by atoms with van der Waals surface area (Å²) in [5.41, 5.74) is 4.08. The van der Waals surface area contributed by atoms with E-state index < -0.39 is 0 Å². The van der Waals surface area contributed by atoms with Crippen LogP contribution in [0.5, 0.6) is 0 Å². The lowest BCUT2D eigenvalue weighted by molar-refractivity contribution is -0.112. The maximum absolute atomic E-state index is 12.8. The van der Waals surface area contributed by atoms with Crippen molar-refractivity contribution in [1.82, 2.24) is 4.57 Å². The predicted octanol–water partition coefficient (Wildman–Crippen LogP) is 6.31. The molecule has 4 heteroatoms. The molecule has 0 saturated heterocycles. The molecular weight excluding hydrogens is 370 g/mol. The Labute approximate surface area is 177 Å². The molecular formula is C26H27N3O. The molecule has 0 aliphatic heterocycles. The number of hydrogen-bond acceptors (Lipinski definition) is 2. The van der Waals surface area contributed by atoms with Crippen molar-refractivity contribution >= 4 is 28.4 Å².